The van der Waals surface area contributed by atoms with E-state index in [1.165, 1.54) is 19.3 Å². The SMILES string of the molecule is CCCCCCOCC(Cl)C(C)Cl. The molecule has 0 fully saturated rings. The van der Waals surface area contributed by atoms with Crippen LogP contribution in [0, 0.1) is 0 Å². The van der Waals surface area contributed by atoms with Gasteiger partial charge in [-0.05, 0) is 13.3 Å². The highest BCUT2D eigenvalue weighted by atomic mass is 35.5. The molecule has 0 N–H and O–H groups in total. The minimum absolute atomic E-state index is 0.0164. The lowest BCUT2D eigenvalue weighted by atomic mass is 10.2. The summed E-state index contributed by atoms with van der Waals surface area (Å²) >= 11 is 11.7. The maximum atomic E-state index is 5.90. The molecule has 0 aliphatic rings. The van der Waals surface area contributed by atoms with Crippen LogP contribution in [-0.2, 0) is 4.74 Å². The van der Waals surface area contributed by atoms with E-state index < -0.39 is 0 Å². The van der Waals surface area contributed by atoms with Crippen LogP contribution in [0.2, 0.25) is 0 Å². The molecule has 2 unspecified atom stereocenters. The van der Waals surface area contributed by atoms with Gasteiger partial charge in [-0.2, -0.15) is 0 Å². The van der Waals surface area contributed by atoms with Crippen LogP contribution in [0.25, 0.3) is 0 Å². The average molecular weight is 227 g/mol. The third-order valence-electron chi connectivity index (χ3n) is 1.92. The fourth-order valence-corrected chi connectivity index (χ4v) is 1.12. The molecule has 0 aliphatic carbocycles. The van der Waals surface area contributed by atoms with E-state index in [1.807, 2.05) is 6.92 Å². The van der Waals surface area contributed by atoms with E-state index in [-0.39, 0.29) is 10.8 Å². The zero-order valence-corrected chi connectivity index (χ0v) is 10.1. The summed E-state index contributed by atoms with van der Waals surface area (Å²) < 4.78 is 5.39. The van der Waals surface area contributed by atoms with E-state index in [2.05, 4.69) is 6.92 Å². The van der Waals surface area contributed by atoms with E-state index in [1.54, 1.807) is 0 Å². The first kappa shape index (κ1) is 13.5. The van der Waals surface area contributed by atoms with Crippen molar-refractivity contribution in [3.63, 3.8) is 0 Å². The van der Waals surface area contributed by atoms with Crippen molar-refractivity contribution in [2.24, 2.45) is 0 Å². The molecule has 0 spiro atoms. The largest absolute Gasteiger partial charge is 0.380 e. The highest BCUT2D eigenvalue weighted by Gasteiger charge is 2.10. The summed E-state index contributed by atoms with van der Waals surface area (Å²) in [5, 5.41) is -0.0786. The van der Waals surface area contributed by atoms with Crippen molar-refractivity contribution in [2.45, 2.75) is 50.3 Å². The molecule has 0 rings (SSSR count). The average Bonchev–Trinajstić information content (AvgIpc) is 2.10. The molecule has 0 aromatic rings. The van der Waals surface area contributed by atoms with Crippen molar-refractivity contribution in [3.05, 3.63) is 0 Å². The Balaban J connectivity index is 3.07. The lowest BCUT2D eigenvalue weighted by Crippen LogP contribution is -2.18. The second-order valence-electron chi connectivity index (χ2n) is 3.33. The van der Waals surface area contributed by atoms with Crippen molar-refractivity contribution in [1.82, 2.24) is 0 Å². The van der Waals surface area contributed by atoms with Gasteiger partial charge in [0.15, 0.2) is 0 Å². The third kappa shape index (κ3) is 8.86. The van der Waals surface area contributed by atoms with Crippen molar-refractivity contribution < 1.29 is 4.74 Å². The molecule has 13 heavy (non-hydrogen) atoms. The quantitative estimate of drug-likeness (QED) is 0.452. The van der Waals surface area contributed by atoms with Crippen molar-refractivity contribution in [1.29, 1.82) is 0 Å². The maximum absolute atomic E-state index is 5.90. The summed E-state index contributed by atoms with van der Waals surface area (Å²) in [5.74, 6) is 0. The molecule has 0 amide bonds. The molecular formula is C10H20Cl2O. The topological polar surface area (TPSA) is 9.23 Å². The fraction of sp³-hybridized carbons (Fsp3) is 1.00. The van der Waals surface area contributed by atoms with Gasteiger partial charge in [0, 0.05) is 12.0 Å². The molecule has 0 saturated heterocycles. The Morgan fingerprint density at radius 2 is 1.85 bits per heavy atom. The summed E-state index contributed by atoms with van der Waals surface area (Å²) in [6.07, 6.45) is 4.93. The normalized spacial score (nSPS) is 15.7. The first-order valence-electron chi connectivity index (χ1n) is 5.04. The Morgan fingerprint density at radius 1 is 1.15 bits per heavy atom. The highest BCUT2D eigenvalue weighted by Crippen LogP contribution is 2.09. The Kier molecular flexibility index (Phi) is 9.49. The Hall–Kier alpha value is 0.540. The van der Waals surface area contributed by atoms with E-state index in [4.69, 9.17) is 27.9 Å². The molecular weight excluding hydrogens is 207 g/mol. The molecule has 3 heteroatoms. The van der Waals surface area contributed by atoms with Gasteiger partial charge >= 0.3 is 0 Å². The minimum Gasteiger partial charge on any atom is -0.380 e. The predicted octanol–water partition coefficient (Wildman–Crippen LogP) is 3.82. The van der Waals surface area contributed by atoms with E-state index in [0.717, 1.165) is 13.0 Å². The number of unbranched alkanes of at least 4 members (excludes halogenated alkanes) is 3. The zero-order valence-electron chi connectivity index (χ0n) is 8.56. The molecule has 0 aromatic heterocycles. The summed E-state index contributed by atoms with van der Waals surface area (Å²) in [6.45, 7) is 5.47. The Morgan fingerprint density at radius 3 is 2.38 bits per heavy atom. The predicted molar refractivity (Wildman–Crippen MR) is 59.9 cm³/mol. The lowest BCUT2D eigenvalue weighted by Gasteiger charge is -2.11. The number of alkyl halides is 2. The van der Waals surface area contributed by atoms with Crippen LogP contribution < -0.4 is 0 Å². The molecule has 0 aromatic carbocycles. The summed E-state index contributed by atoms with van der Waals surface area (Å²) in [4.78, 5) is 0. The summed E-state index contributed by atoms with van der Waals surface area (Å²) in [7, 11) is 0. The smallest absolute Gasteiger partial charge is 0.0730 e. The van der Waals surface area contributed by atoms with Gasteiger partial charge in [-0.1, -0.05) is 26.2 Å². The van der Waals surface area contributed by atoms with E-state index in [0.29, 0.717) is 6.61 Å². The Bertz CT molecular complexity index is 107. The van der Waals surface area contributed by atoms with Gasteiger partial charge in [0.25, 0.3) is 0 Å². The summed E-state index contributed by atoms with van der Waals surface area (Å²) in [5.41, 5.74) is 0. The Labute approximate surface area is 91.7 Å². The number of hydrogen-bond donors (Lipinski definition) is 0. The number of ether oxygens (including phenoxy) is 1. The molecule has 0 saturated carbocycles. The van der Waals surface area contributed by atoms with Crippen molar-refractivity contribution >= 4 is 23.2 Å². The van der Waals surface area contributed by atoms with Crippen LogP contribution in [0.5, 0.6) is 0 Å². The maximum Gasteiger partial charge on any atom is 0.0730 e. The number of halogens is 2. The van der Waals surface area contributed by atoms with Crippen LogP contribution in [0.3, 0.4) is 0 Å². The van der Waals surface area contributed by atoms with Gasteiger partial charge < -0.3 is 4.74 Å². The third-order valence-corrected chi connectivity index (χ3v) is 2.85. The molecule has 1 nitrogen and oxygen atoms in total. The van der Waals surface area contributed by atoms with Gasteiger partial charge in [0.05, 0.1) is 12.0 Å². The van der Waals surface area contributed by atoms with Crippen molar-refractivity contribution in [2.75, 3.05) is 13.2 Å². The molecule has 0 bridgehead atoms. The van der Waals surface area contributed by atoms with Crippen LogP contribution in [0.1, 0.15) is 39.5 Å². The minimum atomic E-state index is -0.0622. The summed E-state index contributed by atoms with van der Waals surface area (Å²) in [6, 6.07) is 0. The molecule has 0 radical (unpaired) electrons. The van der Waals surface area contributed by atoms with Gasteiger partial charge in [-0.3, -0.25) is 0 Å². The molecule has 0 heterocycles. The second-order valence-corrected chi connectivity index (χ2v) is 4.58. The monoisotopic (exact) mass is 226 g/mol. The van der Waals surface area contributed by atoms with Gasteiger partial charge in [0.1, 0.15) is 0 Å². The lowest BCUT2D eigenvalue weighted by molar-refractivity contribution is 0.129. The van der Waals surface area contributed by atoms with E-state index in [9.17, 15) is 0 Å². The van der Waals surface area contributed by atoms with E-state index >= 15 is 0 Å². The second kappa shape index (κ2) is 9.11. The first-order chi connectivity index (χ1) is 6.18. The molecule has 80 valence electrons. The van der Waals surface area contributed by atoms with Gasteiger partial charge in [0.2, 0.25) is 0 Å². The van der Waals surface area contributed by atoms with Gasteiger partial charge in [-0.15, -0.1) is 23.2 Å². The van der Waals surface area contributed by atoms with Gasteiger partial charge in [-0.25, -0.2) is 0 Å². The zero-order chi connectivity index (χ0) is 10.1. The molecule has 0 aliphatic heterocycles. The first-order valence-corrected chi connectivity index (χ1v) is 5.91. The fourth-order valence-electron chi connectivity index (χ4n) is 0.959. The number of rotatable bonds is 8. The molecule has 2 atom stereocenters. The van der Waals surface area contributed by atoms with Crippen LogP contribution in [0.4, 0.5) is 0 Å². The highest BCUT2D eigenvalue weighted by molar-refractivity contribution is 6.29. The number of hydrogen-bond acceptors (Lipinski definition) is 1. The van der Waals surface area contributed by atoms with Crippen LogP contribution in [0.15, 0.2) is 0 Å². The van der Waals surface area contributed by atoms with Crippen molar-refractivity contribution in [3.8, 4) is 0 Å². The van der Waals surface area contributed by atoms with Crippen LogP contribution >= 0.6 is 23.2 Å². The van der Waals surface area contributed by atoms with Crippen LogP contribution in [-0.4, -0.2) is 24.0 Å². The standard InChI is InChI=1S/C10H20Cl2O/c1-3-4-5-6-7-13-8-10(12)9(2)11/h9-10H,3-8H2,1-2H3.